The molecule has 21 heavy (non-hydrogen) atoms. The van der Waals surface area contributed by atoms with Gasteiger partial charge in [-0.05, 0) is 59.8 Å². The summed E-state index contributed by atoms with van der Waals surface area (Å²) in [4.78, 5) is 11.0. The lowest BCUT2D eigenvalue weighted by Gasteiger charge is -2.26. The van der Waals surface area contributed by atoms with Gasteiger partial charge in [-0.1, -0.05) is 11.6 Å². The molecule has 0 spiro atoms. The molecular weight excluding hydrogens is 382 g/mol. The van der Waals surface area contributed by atoms with E-state index < -0.39 is 16.0 Å². The predicted octanol–water partition coefficient (Wildman–Crippen LogP) is 3.02. The Morgan fingerprint density at radius 1 is 1.29 bits per heavy atom. The number of nitrogens with one attached hydrogen (secondary N) is 1. The number of benzene rings is 1. The maximum Gasteiger partial charge on any atom is 0.306 e. The van der Waals surface area contributed by atoms with Crippen LogP contribution < -0.4 is 4.72 Å². The number of hydrogen-bond acceptors (Lipinski definition) is 3. The van der Waals surface area contributed by atoms with E-state index in [4.69, 9.17) is 16.7 Å². The fourth-order valence-corrected chi connectivity index (χ4v) is 4.21. The van der Waals surface area contributed by atoms with E-state index in [9.17, 15) is 13.2 Å². The molecule has 0 radical (unpaired) electrons. The van der Waals surface area contributed by atoms with Gasteiger partial charge in [0.05, 0.1) is 15.8 Å². The van der Waals surface area contributed by atoms with Crippen molar-refractivity contribution < 1.29 is 18.3 Å². The Balaban J connectivity index is 2.05. The highest BCUT2D eigenvalue weighted by Crippen LogP contribution is 2.28. The van der Waals surface area contributed by atoms with Crippen molar-refractivity contribution in [2.75, 3.05) is 0 Å². The van der Waals surface area contributed by atoms with Crippen LogP contribution >= 0.6 is 27.5 Å². The average molecular weight is 397 g/mol. The minimum Gasteiger partial charge on any atom is -0.481 e. The zero-order valence-electron chi connectivity index (χ0n) is 11.1. The van der Waals surface area contributed by atoms with Crippen LogP contribution in [0.2, 0.25) is 5.02 Å². The summed E-state index contributed by atoms with van der Waals surface area (Å²) in [5.74, 6) is -1.18. The van der Waals surface area contributed by atoms with Crippen molar-refractivity contribution in [2.24, 2.45) is 5.92 Å². The number of rotatable bonds is 4. The number of sulfonamides is 1. The minimum absolute atomic E-state index is 0.107. The Morgan fingerprint density at radius 2 is 1.90 bits per heavy atom. The first-order valence-electron chi connectivity index (χ1n) is 6.50. The molecule has 1 aromatic carbocycles. The van der Waals surface area contributed by atoms with Crippen molar-refractivity contribution in [3.63, 3.8) is 0 Å². The van der Waals surface area contributed by atoms with Crippen LogP contribution in [-0.4, -0.2) is 25.5 Å². The standard InChI is InChI=1S/C13H15BrClNO4S/c14-11-6-5-10(7-12(11)15)21(19,20)16-9-3-1-8(2-4-9)13(17)18/h5-9,16H,1-4H2,(H,17,18). The molecule has 2 rings (SSSR count). The lowest BCUT2D eigenvalue weighted by Crippen LogP contribution is -2.38. The Kier molecular flexibility index (Phi) is 5.29. The van der Waals surface area contributed by atoms with E-state index in [1.54, 1.807) is 6.07 Å². The Hall–Kier alpha value is -0.630. The maximum atomic E-state index is 12.3. The van der Waals surface area contributed by atoms with Crippen LogP contribution in [0.4, 0.5) is 0 Å². The fraction of sp³-hybridized carbons (Fsp3) is 0.462. The summed E-state index contributed by atoms with van der Waals surface area (Å²) < 4.78 is 27.8. The SMILES string of the molecule is O=C(O)C1CCC(NS(=O)(=O)c2ccc(Br)c(Cl)c2)CC1. The number of hydrogen-bond donors (Lipinski definition) is 2. The Bertz CT molecular complexity index is 642. The summed E-state index contributed by atoms with van der Waals surface area (Å²) in [5, 5.41) is 9.26. The third-order valence-corrected chi connectivity index (χ3v) is 6.35. The van der Waals surface area contributed by atoms with E-state index in [1.165, 1.54) is 12.1 Å². The number of halogens is 2. The smallest absolute Gasteiger partial charge is 0.306 e. The first-order valence-corrected chi connectivity index (χ1v) is 9.15. The average Bonchev–Trinajstić information content (AvgIpc) is 2.42. The third-order valence-electron chi connectivity index (χ3n) is 3.60. The van der Waals surface area contributed by atoms with Gasteiger partial charge in [0, 0.05) is 10.5 Å². The van der Waals surface area contributed by atoms with Crippen LogP contribution in [-0.2, 0) is 14.8 Å². The predicted molar refractivity (Wildman–Crippen MR) is 82.9 cm³/mol. The van der Waals surface area contributed by atoms with E-state index >= 15 is 0 Å². The van der Waals surface area contributed by atoms with Crippen molar-refractivity contribution in [1.29, 1.82) is 0 Å². The van der Waals surface area contributed by atoms with Gasteiger partial charge in [0.1, 0.15) is 0 Å². The van der Waals surface area contributed by atoms with E-state index in [1.807, 2.05) is 0 Å². The molecule has 116 valence electrons. The van der Waals surface area contributed by atoms with Gasteiger partial charge in [-0.3, -0.25) is 4.79 Å². The summed E-state index contributed by atoms with van der Waals surface area (Å²) in [5.41, 5.74) is 0. The number of carboxylic acids is 1. The van der Waals surface area contributed by atoms with Gasteiger partial charge >= 0.3 is 5.97 Å². The quantitative estimate of drug-likeness (QED) is 0.819. The summed E-state index contributed by atoms with van der Waals surface area (Å²) >= 11 is 9.12. The largest absolute Gasteiger partial charge is 0.481 e. The zero-order chi connectivity index (χ0) is 15.6. The second kappa shape index (κ2) is 6.64. The van der Waals surface area contributed by atoms with Gasteiger partial charge in [0.25, 0.3) is 0 Å². The number of carboxylic acid groups (broad SMARTS) is 1. The molecule has 5 nitrogen and oxygen atoms in total. The maximum absolute atomic E-state index is 12.3. The highest BCUT2D eigenvalue weighted by atomic mass is 79.9. The molecular formula is C13H15BrClNO4S. The lowest BCUT2D eigenvalue weighted by atomic mass is 9.87. The summed E-state index contributed by atoms with van der Waals surface area (Å²) in [6.07, 6.45) is 2.04. The molecule has 1 saturated carbocycles. The fourth-order valence-electron chi connectivity index (χ4n) is 2.39. The van der Waals surface area contributed by atoms with Crippen LogP contribution in [0.15, 0.2) is 27.6 Å². The van der Waals surface area contributed by atoms with Gasteiger partial charge in [-0.25, -0.2) is 13.1 Å². The monoisotopic (exact) mass is 395 g/mol. The normalized spacial score (nSPS) is 23.0. The summed E-state index contributed by atoms with van der Waals surface area (Å²) in [7, 11) is -3.64. The van der Waals surface area contributed by atoms with Crippen LogP contribution in [0, 0.1) is 5.92 Å². The number of aliphatic carboxylic acids is 1. The molecule has 1 aliphatic carbocycles. The van der Waals surface area contributed by atoms with E-state index in [0.717, 1.165) is 0 Å². The molecule has 1 aromatic rings. The molecule has 0 unspecified atom stereocenters. The second-order valence-electron chi connectivity index (χ2n) is 5.08. The molecule has 0 aliphatic heterocycles. The lowest BCUT2D eigenvalue weighted by molar-refractivity contribution is -0.142. The van der Waals surface area contributed by atoms with Crippen LogP contribution in [0.3, 0.4) is 0 Å². The second-order valence-corrected chi connectivity index (χ2v) is 8.06. The van der Waals surface area contributed by atoms with E-state index in [0.29, 0.717) is 35.2 Å². The molecule has 8 heteroatoms. The van der Waals surface area contributed by atoms with Gasteiger partial charge in [-0.15, -0.1) is 0 Å². The minimum atomic E-state index is -3.64. The van der Waals surface area contributed by atoms with Crippen molar-refractivity contribution in [3.05, 3.63) is 27.7 Å². The molecule has 0 atom stereocenters. The van der Waals surface area contributed by atoms with Gasteiger partial charge in [0.2, 0.25) is 10.0 Å². The van der Waals surface area contributed by atoms with Crippen molar-refractivity contribution in [3.8, 4) is 0 Å². The molecule has 0 saturated heterocycles. The van der Waals surface area contributed by atoms with E-state index in [-0.39, 0.29) is 16.9 Å². The summed E-state index contributed by atoms with van der Waals surface area (Å²) in [6.45, 7) is 0. The van der Waals surface area contributed by atoms with Gasteiger partial charge in [0.15, 0.2) is 0 Å². The molecule has 2 N–H and O–H groups in total. The van der Waals surface area contributed by atoms with Crippen LogP contribution in [0.5, 0.6) is 0 Å². The molecule has 0 amide bonds. The molecule has 0 heterocycles. The molecule has 0 aromatic heterocycles. The summed E-state index contributed by atoms with van der Waals surface area (Å²) in [6, 6.07) is 4.21. The first kappa shape index (κ1) is 16.7. The van der Waals surface area contributed by atoms with Gasteiger partial charge in [-0.2, -0.15) is 0 Å². The highest BCUT2D eigenvalue weighted by Gasteiger charge is 2.29. The first-order chi connectivity index (χ1) is 9.79. The molecule has 0 bridgehead atoms. The van der Waals surface area contributed by atoms with Crippen LogP contribution in [0.1, 0.15) is 25.7 Å². The van der Waals surface area contributed by atoms with Crippen LogP contribution in [0.25, 0.3) is 0 Å². The van der Waals surface area contributed by atoms with Crippen molar-refractivity contribution in [1.82, 2.24) is 4.72 Å². The third kappa shape index (κ3) is 4.18. The Labute approximate surface area is 136 Å². The molecule has 1 aliphatic rings. The van der Waals surface area contributed by atoms with Gasteiger partial charge < -0.3 is 5.11 Å². The zero-order valence-corrected chi connectivity index (χ0v) is 14.2. The Morgan fingerprint density at radius 3 is 2.43 bits per heavy atom. The van der Waals surface area contributed by atoms with Crippen molar-refractivity contribution >= 4 is 43.5 Å². The number of carbonyl (C=O) groups is 1. The van der Waals surface area contributed by atoms with Crippen molar-refractivity contribution in [2.45, 2.75) is 36.6 Å². The molecule has 1 fully saturated rings. The topological polar surface area (TPSA) is 83.5 Å². The highest BCUT2D eigenvalue weighted by molar-refractivity contribution is 9.10. The van der Waals surface area contributed by atoms with E-state index in [2.05, 4.69) is 20.7 Å².